The van der Waals surface area contributed by atoms with Crippen LogP contribution in [-0.4, -0.2) is 27.6 Å². The topological polar surface area (TPSA) is 57.7 Å². The minimum absolute atomic E-state index is 0.159. The average Bonchev–Trinajstić information content (AvgIpc) is 2.81. The maximum atomic E-state index is 14.0. The number of halogens is 2. The normalized spacial score (nSPS) is 15.9. The lowest BCUT2D eigenvalue weighted by Crippen LogP contribution is -2.35. The zero-order chi connectivity index (χ0) is 18.1. The van der Waals surface area contributed by atoms with Crippen molar-refractivity contribution < 1.29 is 18.8 Å². The van der Waals surface area contributed by atoms with Crippen LogP contribution in [0.1, 0.15) is 24.1 Å². The Morgan fingerprint density at radius 3 is 2.36 bits per heavy atom. The number of hydrogen-bond acceptors (Lipinski definition) is 3. The molecule has 1 atom stereocenters. The van der Waals surface area contributed by atoms with Gasteiger partial charge in [-0.25, -0.2) is 14.1 Å². The Morgan fingerprint density at radius 2 is 1.72 bits per heavy atom. The molecule has 1 unspecified atom stereocenters. The minimum Gasteiger partial charge on any atom is -0.263 e. The second-order valence-corrected chi connectivity index (χ2v) is 6.59. The molecule has 2 aromatic rings. The van der Waals surface area contributed by atoms with Gasteiger partial charge in [-0.3, -0.25) is 14.5 Å². The van der Waals surface area contributed by atoms with Crippen molar-refractivity contribution in [1.82, 2.24) is 9.80 Å². The second kappa shape index (κ2) is 6.76. The molecule has 0 N–H and O–H groups in total. The molecule has 25 heavy (non-hydrogen) atoms. The fourth-order valence-corrected chi connectivity index (χ4v) is 3.04. The molecule has 1 heterocycles. The van der Waals surface area contributed by atoms with E-state index in [4.69, 9.17) is 0 Å². The molecule has 3 rings (SSSR count). The van der Waals surface area contributed by atoms with Gasteiger partial charge in [0.25, 0.3) is 0 Å². The van der Waals surface area contributed by atoms with Crippen molar-refractivity contribution in [2.24, 2.45) is 0 Å². The maximum absolute atomic E-state index is 14.0. The summed E-state index contributed by atoms with van der Waals surface area (Å²) in [5.41, 5.74) is 0.889. The van der Waals surface area contributed by atoms with Crippen LogP contribution in [0.2, 0.25) is 0 Å². The molecular weight excluding hydrogens is 391 g/mol. The Morgan fingerprint density at radius 1 is 1.04 bits per heavy atom. The molecule has 0 aromatic heterocycles. The van der Waals surface area contributed by atoms with Crippen LogP contribution in [0.15, 0.2) is 53.0 Å². The van der Waals surface area contributed by atoms with Gasteiger partial charge in [-0.15, -0.1) is 0 Å². The predicted octanol–water partition coefficient (Wildman–Crippen LogP) is 3.64. The highest BCUT2D eigenvalue weighted by atomic mass is 79.9. The second-order valence-electron chi connectivity index (χ2n) is 5.67. The molecule has 128 valence electrons. The Hall–Kier alpha value is -2.54. The van der Waals surface area contributed by atoms with E-state index >= 15 is 0 Å². The summed E-state index contributed by atoms with van der Waals surface area (Å²) in [5, 5.41) is 0. The van der Waals surface area contributed by atoms with E-state index in [2.05, 4.69) is 15.9 Å². The number of carbonyl (C=O) groups excluding carboxylic acids is 3. The number of rotatable bonds is 4. The smallest absolute Gasteiger partial charge is 0.263 e. The van der Waals surface area contributed by atoms with Gasteiger partial charge in [0.1, 0.15) is 5.82 Å². The van der Waals surface area contributed by atoms with E-state index in [1.807, 2.05) is 6.07 Å². The number of benzene rings is 2. The first kappa shape index (κ1) is 17.3. The van der Waals surface area contributed by atoms with Gasteiger partial charge < -0.3 is 0 Å². The third-order valence-corrected chi connectivity index (χ3v) is 4.59. The van der Waals surface area contributed by atoms with E-state index in [1.54, 1.807) is 37.3 Å². The van der Waals surface area contributed by atoms with E-state index in [1.165, 1.54) is 12.1 Å². The molecule has 0 bridgehead atoms. The maximum Gasteiger partial charge on any atom is 0.335 e. The van der Waals surface area contributed by atoms with Crippen LogP contribution >= 0.6 is 15.9 Å². The molecule has 1 saturated heterocycles. The molecule has 0 aliphatic carbocycles. The van der Waals surface area contributed by atoms with Crippen molar-refractivity contribution in [3.8, 4) is 0 Å². The standard InChI is InChI=1S/C18H14BrFN2O3/c1-11(12-5-3-2-4-6-12)22-17(24)16(23)21(18(22)25)10-13-7-8-14(19)9-15(13)20/h2-9,11H,10H2,1H3. The van der Waals surface area contributed by atoms with Crippen molar-refractivity contribution in [2.45, 2.75) is 19.5 Å². The zero-order valence-corrected chi connectivity index (χ0v) is 14.9. The molecule has 4 amide bonds. The van der Waals surface area contributed by atoms with E-state index in [9.17, 15) is 18.8 Å². The molecule has 0 radical (unpaired) electrons. The van der Waals surface area contributed by atoms with E-state index in [0.717, 1.165) is 15.4 Å². The van der Waals surface area contributed by atoms with Gasteiger partial charge in [0.15, 0.2) is 0 Å². The van der Waals surface area contributed by atoms with Gasteiger partial charge in [-0.05, 0) is 24.6 Å². The van der Waals surface area contributed by atoms with Gasteiger partial charge >= 0.3 is 17.8 Å². The van der Waals surface area contributed by atoms with Gasteiger partial charge in [0.2, 0.25) is 0 Å². The van der Waals surface area contributed by atoms with Gasteiger partial charge in [0.05, 0.1) is 12.6 Å². The van der Waals surface area contributed by atoms with Crippen molar-refractivity contribution >= 4 is 33.8 Å². The summed E-state index contributed by atoms with van der Waals surface area (Å²) in [4.78, 5) is 38.8. The summed E-state index contributed by atoms with van der Waals surface area (Å²) in [6, 6.07) is 11.9. The largest absolute Gasteiger partial charge is 0.335 e. The highest BCUT2D eigenvalue weighted by molar-refractivity contribution is 9.10. The lowest BCUT2D eigenvalue weighted by atomic mass is 10.1. The summed E-state index contributed by atoms with van der Waals surface area (Å²) >= 11 is 3.15. The number of carbonyl (C=O) groups is 3. The molecule has 7 heteroatoms. The minimum atomic E-state index is -0.949. The van der Waals surface area contributed by atoms with Crippen LogP contribution in [0, 0.1) is 5.82 Å². The van der Waals surface area contributed by atoms with Crippen molar-refractivity contribution in [2.75, 3.05) is 0 Å². The summed E-state index contributed by atoms with van der Waals surface area (Å²) in [5.74, 6) is -2.41. The van der Waals surface area contributed by atoms with Crippen molar-refractivity contribution in [1.29, 1.82) is 0 Å². The van der Waals surface area contributed by atoms with E-state index < -0.39 is 29.7 Å². The Bertz CT molecular complexity index is 857. The first-order chi connectivity index (χ1) is 11.9. The van der Waals surface area contributed by atoms with Gasteiger partial charge in [0, 0.05) is 10.0 Å². The molecule has 1 aliphatic rings. The number of hydrogen-bond donors (Lipinski definition) is 0. The molecule has 1 fully saturated rings. The summed E-state index contributed by atoms with van der Waals surface area (Å²) in [6.07, 6.45) is 0. The quantitative estimate of drug-likeness (QED) is 0.577. The third kappa shape index (κ3) is 3.19. The Labute approximate surface area is 152 Å². The number of amides is 4. The van der Waals surface area contributed by atoms with Crippen molar-refractivity contribution in [3.63, 3.8) is 0 Å². The molecule has 2 aromatic carbocycles. The summed E-state index contributed by atoms with van der Waals surface area (Å²) in [6.45, 7) is 1.38. The monoisotopic (exact) mass is 404 g/mol. The van der Waals surface area contributed by atoms with Crippen LogP contribution in [0.3, 0.4) is 0 Å². The number of urea groups is 1. The Kier molecular flexibility index (Phi) is 4.67. The van der Waals surface area contributed by atoms with E-state index in [-0.39, 0.29) is 12.1 Å². The summed E-state index contributed by atoms with van der Waals surface area (Å²) < 4.78 is 14.5. The van der Waals surface area contributed by atoms with Crippen LogP contribution < -0.4 is 0 Å². The van der Waals surface area contributed by atoms with Crippen LogP contribution in [0.25, 0.3) is 0 Å². The SMILES string of the molecule is CC(c1ccccc1)N1C(=O)C(=O)N(Cc2ccc(Br)cc2F)C1=O. The summed E-state index contributed by atoms with van der Waals surface area (Å²) in [7, 11) is 0. The fourth-order valence-electron chi connectivity index (χ4n) is 2.70. The molecule has 1 aliphatic heterocycles. The number of nitrogens with zero attached hydrogens (tertiary/aromatic N) is 2. The lowest BCUT2D eigenvalue weighted by molar-refractivity contribution is -0.144. The lowest BCUT2D eigenvalue weighted by Gasteiger charge is -2.22. The average molecular weight is 405 g/mol. The highest BCUT2D eigenvalue weighted by Gasteiger charge is 2.47. The van der Waals surface area contributed by atoms with Crippen LogP contribution in [0.4, 0.5) is 9.18 Å². The number of imide groups is 2. The zero-order valence-electron chi connectivity index (χ0n) is 13.3. The molecule has 0 spiro atoms. The van der Waals surface area contributed by atoms with Crippen LogP contribution in [0.5, 0.6) is 0 Å². The van der Waals surface area contributed by atoms with Gasteiger partial charge in [-0.2, -0.15) is 0 Å². The Balaban J connectivity index is 1.87. The highest BCUT2D eigenvalue weighted by Crippen LogP contribution is 2.27. The third-order valence-electron chi connectivity index (χ3n) is 4.10. The predicted molar refractivity (Wildman–Crippen MR) is 91.7 cm³/mol. The molecular formula is C18H14BrFN2O3. The first-order valence-corrected chi connectivity index (χ1v) is 8.37. The molecule has 0 saturated carbocycles. The van der Waals surface area contributed by atoms with Crippen molar-refractivity contribution in [3.05, 3.63) is 69.9 Å². The van der Waals surface area contributed by atoms with Crippen LogP contribution in [-0.2, 0) is 16.1 Å². The fraction of sp³-hybridized carbons (Fsp3) is 0.167. The van der Waals surface area contributed by atoms with Gasteiger partial charge in [-0.1, -0.05) is 52.3 Å². The molecule has 5 nitrogen and oxygen atoms in total. The van der Waals surface area contributed by atoms with E-state index in [0.29, 0.717) is 4.47 Å². The first-order valence-electron chi connectivity index (χ1n) is 7.58.